The Kier molecular flexibility index (Phi) is 5.03. The summed E-state index contributed by atoms with van der Waals surface area (Å²) in [5.41, 5.74) is 2.43. The van der Waals surface area contributed by atoms with Gasteiger partial charge in [-0.25, -0.2) is 5.10 Å². The van der Waals surface area contributed by atoms with E-state index in [4.69, 9.17) is 11.6 Å². The van der Waals surface area contributed by atoms with Gasteiger partial charge in [-0.05, 0) is 11.6 Å². The molecule has 0 radical (unpaired) electrons. The van der Waals surface area contributed by atoms with Crippen molar-refractivity contribution >= 4 is 17.3 Å². The van der Waals surface area contributed by atoms with Crippen LogP contribution in [0.3, 0.4) is 0 Å². The summed E-state index contributed by atoms with van der Waals surface area (Å²) in [6.07, 6.45) is -0.246. The molecule has 0 atom stereocenters. The summed E-state index contributed by atoms with van der Waals surface area (Å²) in [5, 5.41) is 10.5. The maximum absolute atomic E-state index is 12.8. The van der Waals surface area contributed by atoms with Crippen molar-refractivity contribution in [3.63, 3.8) is 0 Å². The van der Waals surface area contributed by atoms with Crippen LogP contribution in [0.2, 0.25) is 5.02 Å². The average Bonchev–Trinajstić information content (AvgIpc) is 3.06. The first-order valence-corrected chi connectivity index (χ1v) is 9.21. The van der Waals surface area contributed by atoms with Crippen molar-refractivity contribution in [1.82, 2.24) is 25.0 Å². The number of alkyl halides is 3. The van der Waals surface area contributed by atoms with Crippen LogP contribution in [0.25, 0.3) is 0 Å². The topological polar surface area (TPSA) is 79.7 Å². The highest BCUT2D eigenvalue weighted by molar-refractivity contribution is 6.32. The summed E-state index contributed by atoms with van der Waals surface area (Å²) in [7, 11) is 0. The lowest BCUT2D eigenvalue weighted by molar-refractivity contribution is -0.128. The molecule has 0 aromatic carbocycles. The number of H-pyrrole nitrogens is 1. The molecule has 0 saturated carbocycles. The second-order valence-electron chi connectivity index (χ2n) is 6.75. The molecule has 0 amide bonds. The predicted molar refractivity (Wildman–Crippen MR) is 99.9 cm³/mol. The molecule has 152 valence electrons. The van der Waals surface area contributed by atoms with E-state index in [1.54, 1.807) is 23.0 Å². The number of pyridine rings is 1. The fourth-order valence-corrected chi connectivity index (χ4v) is 3.67. The van der Waals surface area contributed by atoms with Gasteiger partial charge in [0.25, 0.3) is 5.56 Å². The molecule has 3 aromatic heterocycles. The molecule has 3 aromatic rings. The molecule has 1 N–H and O–H groups in total. The van der Waals surface area contributed by atoms with Crippen LogP contribution in [0.5, 0.6) is 0 Å². The molecule has 4 heterocycles. The number of rotatable bonds is 4. The van der Waals surface area contributed by atoms with Gasteiger partial charge in [0.2, 0.25) is 0 Å². The average molecular weight is 425 g/mol. The van der Waals surface area contributed by atoms with Crippen LogP contribution in [-0.4, -0.2) is 37.7 Å². The van der Waals surface area contributed by atoms with E-state index in [0.717, 1.165) is 11.3 Å². The van der Waals surface area contributed by atoms with Crippen molar-refractivity contribution in [2.45, 2.75) is 32.1 Å². The molecule has 0 bridgehead atoms. The standard InChI is InChI=1S/C18H16ClF3N6O/c19-16-15(8-24-26-17(16)29)27-5-3-14-12(9-27)7-25-28(14)10-11-2-1-4-23-13(11)6-18(20,21)22/h1-2,4,7-8H,3,5-6,9-10H2,(H,26,29). The zero-order valence-electron chi connectivity index (χ0n) is 15.1. The molecule has 0 spiro atoms. The van der Waals surface area contributed by atoms with Gasteiger partial charge in [0.1, 0.15) is 5.02 Å². The van der Waals surface area contributed by atoms with Crippen LogP contribution in [-0.2, 0) is 25.9 Å². The van der Waals surface area contributed by atoms with E-state index in [0.29, 0.717) is 30.8 Å². The van der Waals surface area contributed by atoms with Crippen molar-refractivity contribution in [1.29, 1.82) is 0 Å². The smallest absolute Gasteiger partial charge is 0.364 e. The Labute approximate surface area is 168 Å². The highest BCUT2D eigenvalue weighted by Crippen LogP contribution is 2.28. The third kappa shape index (κ3) is 4.12. The van der Waals surface area contributed by atoms with E-state index >= 15 is 0 Å². The maximum atomic E-state index is 12.8. The largest absolute Gasteiger partial charge is 0.394 e. The zero-order chi connectivity index (χ0) is 20.6. The quantitative estimate of drug-likeness (QED) is 0.696. The molecule has 11 heteroatoms. The van der Waals surface area contributed by atoms with Crippen LogP contribution in [0.15, 0.2) is 35.5 Å². The number of anilines is 1. The number of halogens is 4. The maximum Gasteiger partial charge on any atom is 0.394 e. The van der Waals surface area contributed by atoms with Crippen LogP contribution >= 0.6 is 11.6 Å². The van der Waals surface area contributed by atoms with Crippen molar-refractivity contribution in [2.24, 2.45) is 0 Å². The lowest BCUT2D eigenvalue weighted by Crippen LogP contribution is -2.32. The summed E-state index contributed by atoms with van der Waals surface area (Å²) in [5.74, 6) is 0. The van der Waals surface area contributed by atoms with Gasteiger partial charge in [-0.3, -0.25) is 14.5 Å². The molecule has 29 heavy (non-hydrogen) atoms. The highest BCUT2D eigenvalue weighted by Gasteiger charge is 2.30. The number of hydrogen-bond acceptors (Lipinski definition) is 5. The van der Waals surface area contributed by atoms with E-state index in [1.165, 1.54) is 12.4 Å². The molecule has 0 fully saturated rings. The van der Waals surface area contributed by atoms with Gasteiger partial charge in [-0.15, -0.1) is 0 Å². The third-order valence-electron chi connectivity index (χ3n) is 4.81. The van der Waals surface area contributed by atoms with Crippen molar-refractivity contribution in [3.05, 3.63) is 68.6 Å². The normalized spacial score (nSPS) is 14.1. The number of aromatic amines is 1. The molecule has 0 unspecified atom stereocenters. The van der Waals surface area contributed by atoms with Gasteiger partial charge in [0.05, 0.1) is 36.7 Å². The Balaban J connectivity index is 1.57. The number of nitrogens with zero attached hydrogens (tertiary/aromatic N) is 5. The van der Waals surface area contributed by atoms with Crippen molar-refractivity contribution in [2.75, 3.05) is 11.4 Å². The first-order chi connectivity index (χ1) is 13.8. The minimum atomic E-state index is -4.33. The fraction of sp³-hybridized carbons (Fsp3) is 0.333. The molecular formula is C18H16ClF3N6O. The Bertz CT molecular complexity index is 1090. The van der Waals surface area contributed by atoms with Crippen LogP contribution in [0, 0.1) is 0 Å². The second kappa shape index (κ2) is 7.51. The molecule has 1 aliphatic rings. The monoisotopic (exact) mass is 424 g/mol. The third-order valence-corrected chi connectivity index (χ3v) is 5.17. The molecule has 4 rings (SSSR count). The summed E-state index contributed by atoms with van der Waals surface area (Å²) in [4.78, 5) is 17.5. The van der Waals surface area contributed by atoms with Crippen LogP contribution in [0.4, 0.5) is 18.9 Å². The Hall–Kier alpha value is -2.88. The predicted octanol–water partition coefficient (Wildman–Crippen LogP) is 2.73. The van der Waals surface area contributed by atoms with Crippen LogP contribution < -0.4 is 10.5 Å². The van der Waals surface area contributed by atoms with E-state index < -0.39 is 18.2 Å². The second-order valence-corrected chi connectivity index (χ2v) is 7.12. The van der Waals surface area contributed by atoms with Gasteiger partial charge >= 0.3 is 6.18 Å². The summed E-state index contributed by atoms with van der Waals surface area (Å²) >= 11 is 6.09. The molecule has 1 aliphatic heterocycles. The number of hydrogen-bond donors (Lipinski definition) is 1. The molecule has 0 saturated heterocycles. The van der Waals surface area contributed by atoms with Gasteiger partial charge in [-0.2, -0.15) is 23.4 Å². The lowest BCUT2D eigenvalue weighted by Gasteiger charge is -2.29. The van der Waals surface area contributed by atoms with Gasteiger partial charge in [0.15, 0.2) is 0 Å². The summed E-state index contributed by atoms with van der Waals surface area (Å²) in [6.45, 7) is 1.26. The minimum Gasteiger partial charge on any atom is -0.364 e. The molecule has 7 nitrogen and oxygen atoms in total. The first kappa shape index (κ1) is 19.4. The van der Waals surface area contributed by atoms with E-state index in [9.17, 15) is 18.0 Å². The van der Waals surface area contributed by atoms with Crippen molar-refractivity contribution in [3.8, 4) is 0 Å². The Morgan fingerprint density at radius 1 is 1.28 bits per heavy atom. The number of aromatic nitrogens is 5. The minimum absolute atomic E-state index is 0.00283. The van der Waals surface area contributed by atoms with E-state index in [-0.39, 0.29) is 17.3 Å². The molecule has 0 aliphatic carbocycles. The lowest BCUT2D eigenvalue weighted by atomic mass is 10.1. The van der Waals surface area contributed by atoms with E-state index in [1.807, 2.05) is 4.90 Å². The van der Waals surface area contributed by atoms with Gasteiger partial charge in [0, 0.05) is 37.0 Å². The SMILES string of the molecule is O=c1[nH]ncc(N2CCc3c(cnn3Cc3cccnc3CC(F)(F)F)C2)c1Cl. The van der Waals surface area contributed by atoms with Gasteiger partial charge in [-0.1, -0.05) is 17.7 Å². The van der Waals surface area contributed by atoms with Crippen molar-refractivity contribution < 1.29 is 13.2 Å². The van der Waals surface area contributed by atoms with E-state index in [2.05, 4.69) is 20.3 Å². The zero-order valence-corrected chi connectivity index (χ0v) is 15.8. The Morgan fingerprint density at radius 2 is 2.10 bits per heavy atom. The fourth-order valence-electron chi connectivity index (χ4n) is 3.46. The van der Waals surface area contributed by atoms with Crippen LogP contribution in [0.1, 0.15) is 22.5 Å². The first-order valence-electron chi connectivity index (χ1n) is 8.83. The number of fused-ring (bicyclic) bond motifs is 1. The summed E-state index contributed by atoms with van der Waals surface area (Å²) < 4.78 is 40.2. The number of nitrogens with one attached hydrogen (secondary N) is 1. The molecular weight excluding hydrogens is 409 g/mol. The Morgan fingerprint density at radius 3 is 2.90 bits per heavy atom. The van der Waals surface area contributed by atoms with Gasteiger partial charge < -0.3 is 4.90 Å². The highest BCUT2D eigenvalue weighted by atomic mass is 35.5. The summed E-state index contributed by atoms with van der Waals surface area (Å²) in [6, 6.07) is 3.26.